The van der Waals surface area contributed by atoms with E-state index in [2.05, 4.69) is 5.32 Å². The number of nitrogens with one attached hydrogen (secondary N) is 1. The van der Waals surface area contributed by atoms with Crippen molar-refractivity contribution in [2.45, 2.75) is 32.7 Å². The largest absolute Gasteiger partial charge is 0.463 e. The minimum Gasteiger partial charge on any atom is -0.463 e. The van der Waals surface area contributed by atoms with Crippen LogP contribution in [0.3, 0.4) is 0 Å². The van der Waals surface area contributed by atoms with Crippen molar-refractivity contribution < 1.29 is 18.7 Å². The molecule has 0 aromatic heterocycles. The Hall–Kier alpha value is -2.08. The highest BCUT2D eigenvalue weighted by Gasteiger charge is 2.40. The zero-order valence-corrected chi connectivity index (χ0v) is 14.9. The molecule has 1 aliphatic heterocycles. The number of benzene rings is 1. The molecular weight excluding hydrogens is 347 g/mol. The standard InChI is InChI=1S/C18H20ClFN2O3/c1-3-25-17(23)14-10(2)22(9-11-7-8-11)18(24)21-16(14)15-12(19)5-4-6-13(15)20/h4-6,11,16H,3,7-9H2,1-2H3,(H,21,24)/t16-/m0/s1. The number of esters is 1. The van der Waals surface area contributed by atoms with Crippen LogP contribution in [-0.4, -0.2) is 30.1 Å². The summed E-state index contributed by atoms with van der Waals surface area (Å²) in [7, 11) is 0. The zero-order valence-electron chi connectivity index (χ0n) is 14.1. The number of halogens is 2. The van der Waals surface area contributed by atoms with Crippen molar-refractivity contribution in [1.82, 2.24) is 10.2 Å². The van der Waals surface area contributed by atoms with Crippen molar-refractivity contribution in [3.63, 3.8) is 0 Å². The third-order valence-corrected chi connectivity index (χ3v) is 4.85. The zero-order chi connectivity index (χ0) is 18.1. The van der Waals surface area contributed by atoms with E-state index in [0.29, 0.717) is 18.2 Å². The Morgan fingerprint density at radius 1 is 1.44 bits per heavy atom. The first-order chi connectivity index (χ1) is 11.9. The van der Waals surface area contributed by atoms with Crippen molar-refractivity contribution in [2.75, 3.05) is 13.2 Å². The molecule has 1 aliphatic carbocycles. The maximum absolute atomic E-state index is 14.4. The van der Waals surface area contributed by atoms with E-state index in [1.165, 1.54) is 23.1 Å². The molecule has 1 atom stereocenters. The first-order valence-corrected chi connectivity index (χ1v) is 8.71. The predicted octanol–water partition coefficient (Wildman–Crippen LogP) is 3.79. The topological polar surface area (TPSA) is 58.6 Å². The fraction of sp³-hybridized carbons (Fsp3) is 0.444. The van der Waals surface area contributed by atoms with Gasteiger partial charge >= 0.3 is 12.0 Å². The van der Waals surface area contributed by atoms with Crippen LogP contribution in [0.1, 0.15) is 38.3 Å². The van der Waals surface area contributed by atoms with E-state index < -0.39 is 17.8 Å². The molecule has 0 unspecified atom stereocenters. The molecule has 25 heavy (non-hydrogen) atoms. The molecule has 0 spiro atoms. The molecule has 0 saturated heterocycles. The van der Waals surface area contributed by atoms with Gasteiger partial charge in [0.2, 0.25) is 0 Å². The van der Waals surface area contributed by atoms with E-state index in [1.54, 1.807) is 13.8 Å². The number of amides is 2. The number of hydrogen-bond donors (Lipinski definition) is 1. The van der Waals surface area contributed by atoms with E-state index >= 15 is 0 Å². The number of carbonyl (C=O) groups excluding carboxylic acids is 2. The SMILES string of the molecule is CCOC(=O)C1=C(C)N(CC2CC2)C(=O)N[C@@H]1c1c(F)cccc1Cl. The average molecular weight is 367 g/mol. The summed E-state index contributed by atoms with van der Waals surface area (Å²) >= 11 is 6.16. The molecular formula is C18H20ClFN2O3. The maximum atomic E-state index is 14.4. The minimum atomic E-state index is -0.976. The van der Waals surface area contributed by atoms with Crippen LogP contribution in [0.4, 0.5) is 9.18 Å². The highest BCUT2D eigenvalue weighted by Crippen LogP contribution is 2.38. The average Bonchev–Trinajstić information content (AvgIpc) is 3.35. The van der Waals surface area contributed by atoms with Crippen molar-refractivity contribution >= 4 is 23.6 Å². The molecule has 1 saturated carbocycles. The number of hydrogen-bond acceptors (Lipinski definition) is 3. The molecule has 1 N–H and O–H groups in total. The van der Waals surface area contributed by atoms with Gasteiger partial charge < -0.3 is 10.1 Å². The Balaban J connectivity index is 2.08. The van der Waals surface area contributed by atoms with E-state index in [0.717, 1.165) is 12.8 Å². The lowest BCUT2D eigenvalue weighted by molar-refractivity contribution is -0.139. The Morgan fingerprint density at radius 2 is 2.16 bits per heavy atom. The molecule has 134 valence electrons. The molecule has 0 bridgehead atoms. The van der Waals surface area contributed by atoms with Gasteiger partial charge in [0.05, 0.1) is 18.2 Å². The van der Waals surface area contributed by atoms with Crippen LogP contribution in [0.5, 0.6) is 0 Å². The summed E-state index contributed by atoms with van der Waals surface area (Å²) in [5.41, 5.74) is 0.776. The smallest absolute Gasteiger partial charge is 0.338 e. The predicted molar refractivity (Wildman–Crippen MR) is 91.4 cm³/mol. The lowest BCUT2D eigenvalue weighted by atomic mass is 9.94. The summed E-state index contributed by atoms with van der Waals surface area (Å²) in [6.45, 7) is 4.11. The summed E-state index contributed by atoms with van der Waals surface area (Å²) < 4.78 is 19.6. The van der Waals surface area contributed by atoms with Gasteiger partial charge in [-0.25, -0.2) is 14.0 Å². The molecule has 7 heteroatoms. The van der Waals surface area contributed by atoms with Crippen molar-refractivity contribution in [3.05, 3.63) is 45.9 Å². The number of nitrogens with zero attached hydrogens (tertiary/aromatic N) is 1. The molecule has 1 heterocycles. The van der Waals surface area contributed by atoms with Crippen molar-refractivity contribution in [1.29, 1.82) is 0 Å². The summed E-state index contributed by atoms with van der Waals surface area (Å²) in [6, 6.07) is 2.92. The monoisotopic (exact) mass is 366 g/mol. The Labute approximate surface area is 150 Å². The van der Waals surface area contributed by atoms with Gasteiger partial charge in [-0.3, -0.25) is 4.90 Å². The van der Waals surface area contributed by atoms with Gasteiger partial charge in [-0.05, 0) is 44.7 Å². The van der Waals surface area contributed by atoms with Gasteiger partial charge in [0.1, 0.15) is 5.82 Å². The summed E-state index contributed by atoms with van der Waals surface area (Å²) in [5, 5.41) is 2.87. The number of carbonyl (C=O) groups is 2. The van der Waals surface area contributed by atoms with Crippen LogP contribution in [0.25, 0.3) is 0 Å². The van der Waals surface area contributed by atoms with Crippen LogP contribution in [0.15, 0.2) is 29.5 Å². The lowest BCUT2D eigenvalue weighted by Crippen LogP contribution is -2.49. The van der Waals surface area contributed by atoms with Crippen LogP contribution in [0.2, 0.25) is 5.02 Å². The van der Waals surface area contributed by atoms with Crippen molar-refractivity contribution in [3.8, 4) is 0 Å². The van der Waals surface area contributed by atoms with Crippen LogP contribution in [-0.2, 0) is 9.53 Å². The van der Waals surface area contributed by atoms with E-state index in [4.69, 9.17) is 16.3 Å². The highest BCUT2D eigenvalue weighted by molar-refractivity contribution is 6.31. The molecule has 0 radical (unpaired) electrons. The normalized spacial score (nSPS) is 20.6. The Kier molecular flexibility index (Phi) is 4.99. The molecule has 2 amide bonds. The van der Waals surface area contributed by atoms with Gasteiger partial charge in [-0.15, -0.1) is 0 Å². The third kappa shape index (κ3) is 3.49. The van der Waals surface area contributed by atoms with Gasteiger partial charge in [0.25, 0.3) is 0 Å². The van der Waals surface area contributed by atoms with Crippen LogP contribution >= 0.6 is 11.6 Å². The van der Waals surface area contributed by atoms with Gasteiger partial charge in [0.15, 0.2) is 0 Å². The highest BCUT2D eigenvalue weighted by atomic mass is 35.5. The molecule has 2 aliphatic rings. The number of urea groups is 1. The van der Waals surface area contributed by atoms with Crippen LogP contribution in [0, 0.1) is 11.7 Å². The summed E-state index contributed by atoms with van der Waals surface area (Å²) in [6.07, 6.45) is 2.13. The molecule has 1 aromatic rings. The van der Waals surface area contributed by atoms with Gasteiger partial charge in [0, 0.05) is 22.8 Å². The van der Waals surface area contributed by atoms with Crippen LogP contribution < -0.4 is 5.32 Å². The molecule has 1 aromatic carbocycles. The Morgan fingerprint density at radius 3 is 2.76 bits per heavy atom. The van der Waals surface area contributed by atoms with Crippen molar-refractivity contribution in [2.24, 2.45) is 5.92 Å². The minimum absolute atomic E-state index is 0.0750. The summed E-state index contributed by atoms with van der Waals surface area (Å²) in [5.74, 6) is -0.717. The third-order valence-electron chi connectivity index (χ3n) is 4.52. The van der Waals surface area contributed by atoms with E-state index in [1.807, 2.05) is 0 Å². The van der Waals surface area contributed by atoms with Gasteiger partial charge in [-0.2, -0.15) is 0 Å². The summed E-state index contributed by atoms with van der Waals surface area (Å²) in [4.78, 5) is 26.6. The molecule has 1 fully saturated rings. The molecule has 3 rings (SSSR count). The number of ether oxygens (including phenoxy) is 1. The molecule has 5 nitrogen and oxygen atoms in total. The number of rotatable bonds is 5. The first-order valence-electron chi connectivity index (χ1n) is 8.33. The van der Waals surface area contributed by atoms with E-state index in [-0.39, 0.29) is 28.8 Å². The second kappa shape index (κ2) is 7.04. The second-order valence-electron chi connectivity index (χ2n) is 6.29. The lowest BCUT2D eigenvalue weighted by Gasteiger charge is -2.35. The quantitative estimate of drug-likeness (QED) is 0.806. The first kappa shape index (κ1) is 17.7. The maximum Gasteiger partial charge on any atom is 0.338 e. The number of allylic oxidation sites excluding steroid dienone is 1. The fourth-order valence-electron chi connectivity index (χ4n) is 3.04. The second-order valence-corrected chi connectivity index (χ2v) is 6.70. The van der Waals surface area contributed by atoms with Gasteiger partial charge in [-0.1, -0.05) is 17.7 Å². The Bertz CT molecular complexity index is 726. The fourth-order valence-corrected chi connectivity index (χ4v) is 3.31. The van der Waals surface area contributed by atoms with E-state index in [9.17, 15) is 14.0 Å².